The van der Waals surface area contributed by atoms with E-state index in [0.717, 1.165) is 5.56 Å². The Balaban J connectivity index is 2.49. The topological polar surface area (TPSA) is 67.9 Å². The average molecular weight is 358 g/mol. The molecule has 1 N–H and O–H groups in total. The molecule has 26 heavy (non-hydrogen) atoms. The van der Waals surface area contributed by atoms with Crippen LogP contribution in [0.15, 0.2) is 48.2 Å². The number of allylic oxidation sites excluding steroid dienone is 1. The van der Waals surface area contributed by atoms with E-state index in [9.17, 15) is 9.59 Å². The van der Waals surface area contributed by atoms with Gasteiger partial charge in [0.15, 0.2) is 0 Å². The summed E-state index contributed by atoms with van der Waals surface area (Å²) in [6.07, 6.45) is 1.66. The van der Waals surface area contributed by atoms with Gasteiger partial charge in [-0.2, -0.15) is 0 Å². The normalized spacial score (nSPS) is 17.2. The molecule has 1 aromatic rings. The highest BCUT2D eigenvalue weighted by molar-refractivity contribution is 5.95. The molecule has 6 nitrogen and oxygen atoms in total. The lowest BCUT2D eigenvalue weighted by atomic mass is 9.94. The number of ether oxygens (including phenoxy) is 2. The fourth-order valence-electron chi connectivity index (χ4n) is 3.04. The molecule has 0 radical (unpaired) electrons. The lowest BCUT2D eigenvalue weighted by Gasteiger charge is -2.37. The standard InChI is InChI=1S/C20H26N2O4/c1-6-11-26-16-10-8-9-15(12-16)18-17(19(23)25-7-2)14(5)22(13(3)4)20(24)21-18/h6,8-10,12-13,18H,1,7,11H2,2-5H3,(H,21,24)/t18-/m1/s1. The smallest absolute Gasteiger partial charge is 0.338 e. The van der Waals surface area contributed by atoms with Crippen molar-refractivity contribution < 1.29 is 19.1 Å². The second kappa shape index (κ2) is 8.56. The highest BCUT2D eigenvalue weighted by atomic mass is 16.5. The summed E-state index contributed by atoms with van der Waals surface area (Å²) in [5.74, 6) is 0.210. The largest absolute Gasteiger partial charge is 0.490 e. The molecular formula is C20H26N2O4. The first-order valence-corrected chi connectivity index (χ1v) is 8.71. The summed E-state index contributed by atoms with van der Waals surface area (Å²) < 4.78 is 10.8. The molecule has 1 atom stereocenters. The number of nitrogens with one attached hydrogen (secondary N) is 1. The predicted octanol–water partition coefficient (Wildman–Crippen LogP) is 3.56. The molecule has 0 saturated carbocycles. The Morgan fingerprint density at radius 2 is 2.15 bits per heavy atom. The minimum Gasteiger partial charge on any atom is -0.490 e. The van der Waals surface area contributed by atoms with Crippen LogP contribution in [0.1, 0.15) is 39.3 Å². The van der Waals surface area contributed by atoms with Crippen molar-refractivity contribution in [2.75, 3.05) is 13.2 Å². The van der Waals surface area contributed by atoms with E-state index in [2.05, 4.69) is 11.9 Å². The van der Waals surface area contributed by atoms with Crippen LogP contribution >= 0.6 is 0 Å². The lowest BCUT2D eigenvalue weighted by molar-refractivity contribution is -0.139. The van der Waals surface area contributed by atoms with Gasteiger partial charge in [-0.25, -0.2) is 9.59 Å². The van der Waals surface area contributed by atoms with Crippen molar-refractivity contribution >= 4 is 12.0 Å². The summed E-state index contributed by atoms with van der Waals surface area (Å²) in [6, 6.07) is 6.39. The summed E-state index contributed by atoms with van der Waals surface area (Å²) in [5.41, 5.74) is 1.79. The summed E-state index contributed by atoms with van der Waals surface area (Å²) >= 11 is 0. The molecular weight excluding hydrogens is 332 g/mol. The molecule has 0 aromatic heterocycles. The minimum absolute atomic E-state index is 0.0809. The maximum Gasteiger partial charge on any atom is 0.338 e. The zero-order valence-corrected chi connectivity index (χ0v) is 15.7. The molecule has 0 unspecified atom stereocenters. The first-order chi connectivity index (χ1) is 12.4. The van der Waals surface area contributed by atoms with E-state index < -0.39 is 12.0 Å². The van der Waals surface area contributed by atoms with Gasteiger partial charge in [0, 0.05) is 11.7 Å². The first kappa shape index (κ1) is 19.6. The van der Waals surface area contributed by atoms with Crippen LogP contribution in [-0.2, 0) is 9.53 Å². The van der Waals surface area contributed by atoms with Crippen LogP contribution in [0.4, 0.5) is 4.79 Å². The first-order valence-electron chi connectivity index (χ1n) is 8.71. The Kier molecular flexibility index (Phi) is 6.44. The Morgan fingerprint density at radius 1 is 1.42 bits per heavy atom. The van der Waals surface area contributed by atoms with Crippen LogP contribution in [0.2, 0.25) is 0 Å². The van der Waals surface area contributed by atoms with Gasteiger partial charge in [-0.3, -0.25) is 4.90 Å². The van der Waals surface area contributed by atoms with Crippen LogP contribution in [-0.4, -0.2) is 36.2 Å². The minimum atomic E-state index is -0.594. The number of hydrogen-bond acceptors (Lipinski definition) is 4. The highest BCUT2D eigenvalue weighted by Crippen LogP contribution is 2.33. The number of carbonyl (C=O) groups excluding carboxylic acids is 2. The highest BCUT2D eigenvalue weighted by Gasteiger charge is 2.37. The molecule has 2 rings (SSSR count). The molecule has 0 bridgehead atoms. The molecule has 1 aromatic carbocycles. The number of amides is 2. The molecule has 0 saturated heterocycles. The van der Waals surface area contributed by atoms with Gasteiger partial charge in [0.2, 0.25) is 0 Å². The number of carbonyl (C=O) groups is 2. The third kappa shape index (κ3) is 4.07. The number of benzene rings is 1. The molecule has 140 valence electrons. The van der Waals surface area contributed by atoms with E-state index in [1.54, 1.807) is 24.8 Å². The van der Waals surface area contributed by atoms with Crippen LogP contribution in [0.3, 0.4) is 0 Å². The number of esters is 1. The summed E-state index contributed by atoms with van der Waals surface area (Å²) in [4.78, 5) is 26.8. The van der Waals surface area contributed by atoms with Gasteiger partial charge in [-0.15, -0.1) is 0 Å². The number of nitrogens with zero attached hydrogens (tertiary/aromatic N) is 1. The van der Waals surface area contributed by atoms with E-state index in [4.69, 9.17) is 9.47 Å². The van der Waals surface area contributed by atoms with Crippen molar-refractivity contribution in [3.05, 3.63) is 53.8 Å². The Labute approximate surface area is 154 Å². The van der Waals surface area contributed by atoms with Gasteiger partial charge in [0.05, 0.1) is 18.2 Å². The molecule has 0 fully saturated rings. The Bertz CT molecular complexity index is 724. The van der Waals surface area contributed by atoms with E-state index >= 15 is 0 Å². The summed E-state index contributed by atoms with van der Waals surface area (Å²) in [7, 11) is 0. The number of rotatable bonds is 7. The molecule has 6 heteroatoms. The molecule has 1 aliphatic rings. The van der Waals surface area contributed by atoms with Crippen LogP contribution < -0.4 is 10.1 Å². The third-order valence-corrected chi connectivity index (χ3v) is 4.10. The van der Waals surface area contributed by atoms with Gasteiger partial charge < -0.3 is 14.8 Å². The maximum atomic E-state index is 12.6. The monoisotopic (exact) mass is 358 g/mol. The molecule has 0 spiro atoms. The van der Waals surface area contributed by atoms with E-state index in [1.165, 1.54) is 0 Å². The van der Waals surface area contributed by atoms with Crippen molar-refractivity contribution in [3.63, 3.8) is 0 Å². The fraction of sp³-hybridized carbons (Fsp3) is 0.400. The fourth-order valence-corrected chi connectivity index (χ4v) is 3.04. The summed E-state index contributed by atoms with van der Waals surface area (Å²) in [5, 5.41) is 2.92. The van der Waals surface area contributed by atoms with Gasteiger partial charge in [0.25, 0.3) is 0 Å². The summed E-state index contributed by atoms with van der Waals surface area (Å²) in [6.45, 7) is 11.6. The SMILES string of the molecule is C=CCOc1cccc([C@H]2NC(=O)N(C(C)C)C(C)=C2C(=O)OCC)c1. The van der Waals surface area contributed by atoms with Gasteiger partial charge in [-0.05, 0) is 45.4 Å². The van der Waals surface area contributed by atoms with Crippen LogP contribution in [0.5, 0.6) is 5.75 Å². The quantitative estimate of drug-likeness (QED) is 0.598. The van der Waals surface area contributed by atoms with Crippen LogP contribution in [0, 0.1) is 0 Å². The van der Waals surface area contributed by atoms with Gasteiger partial charge in [-0.1, -0.05) is 24.8 Å². The second-order valence-electron chi connectivity index (χ2n) is 6.24. The Morgan fingerprint density at radius 3 is 2.77 bits per heavy atom. The second-order valence-corrected chi connectivity index (χ2v) is 6.24. The van der Waals surface area contributed by atoms with Gasteiger partial charge >= 0.3 is 12.0 Å². The lowest BCUT2D eigenvalue weighted by Crippen LogP contribution is -2.50. The predicted molar refractivity (Wildman–Crippen MR) is 99.7 cm³/mol. The average Bonchev–Trinajstić information content (AvgIpc) is 2.59. The van der Waals surface area contributed by atoms with Gasteiger partial charge in [0.1, 0.15) is 12.4 Å². The van der Waals surface area contributed by atoms with Crippen molar-refractivity contribution in [2.45, 2.75) is 39.8 Å². The number of hydrogen-bond donors (Lipinski definition) is 1. The zero-order chi connectivity index (χ0) is 19.3. The molecule has 0 aliphatic carbocycles. The number of urea groups is 1. The Hall–Kier alpha value is -2.76. The van der Waals surface area contributed by atoms with E-state index in [0.29, 0.717) is 23.6 Å². The van der Waals surface area contributed by atoms with Crippen molar-refractivity contribution in [1.29, 1.82) is 0 Å². The molecule has 1 heterocycles. The van der Waals surface area contributed by atoms with E-state index in [-0.39, 0.29) is 18.7 Å². The van der Waals surface area contributed by atoms with Crippen LogP contribution in [0.25, 0.3) is 0 Å². The molecule has 1 aliphatic heterocycles. The van der Waals surface area contributed by atoms with Crippen molar-refractivity contribution in [1.82, 2.24) is 10.2 Å². The maximum absolute atomic E-state index is 12.6. The molecule has 2 amide bonds. The van der Waals surface area contributed by atoms with Crippen molar-refractivity contribution in [2.24, 2.45) is 0 Å². The van der Waals surface area contributed by atoms with E-state index in [1.807, 2.05) is 38.1 Å². The third-order valence-electron chi connectivity index (χ3n) is 4.10. The van der Waals surface area contributed by atoms with Crippen molar-refractivity contribution in [3.8, 4) is 5.75 Å². The zero-order valence-electron chi connectivity index (χ0n) is 15.7.